The number of thioether (sulfide) groups is 2. The lowest BCUT2D eigenvalue weighted by molar-refractivity contribution is -0.137. The van der Waals surface area contributed by atoms with Crippen molar-refractivity contribution in [2.45, 2.75) is 27.5 Å². The Kier molecular flexibility index (Phi) is 5.81. The van der Waals surface area contributed by atoms with Crippen LogP contribution in [0.2, 0.25) is 0 Å². The highest BCUT2D eigenvalue weighted by atomic mass is 32.2. The molecule has 5 nitrogen and oxygen atoms in total. The first-order valence-corrected chi connectivity index (χ1v) is 10.4. The predicted octanol–water partition coefficient (Wildman–Crippen LogP) is 4.80. The number of hydrogen-bond donors (Lipinski definition) is 0. The lowest BCUT2D eigenvalue weighted by atomic mass is 10.2. The second-order valence-corrected chi connectivity index (χ2v) is 8.32. The van der Waals surface area contributed by atoms with E-state index in [1.165, 1.54) is 23.9 Å². The molecular formula is C19H14F3N3O2S2. The maximum atomic E-state index is 13.3. The zero-order chi connectivity index (χ0) is 20.4. The molecule has 29 heavy (non-hydrogen) atoms. The molecule has 4 rings (SSSR count). The molecule has 1 atom stereocenters. The Morgan fingerprint density at radius 1 is 1.07 bits per heavy atom. The summed E-state index contributed by atoms with van der Waals surface area (Å²) in [6.45, 7) is 0.356. The van der Waals surface area contributed by atoms with Crippen molar-refractivity contribution in [1.82, 2.24) is 14.8 Å². The molecule has 1 aliphatic rings. The summed E-state index contributed by atoms with van der Waals surface area (Å²) in [5, 5.41) is 8.50. The lowest BCUT2D eigenvalue weighted by Crippen LogP contribution is -2.11. The van der Waals surface area contributed by atoms with E-state index < -0.39 is 11.0 Å². The average molecular weight is 437 g/mol. The highest BCUT2D eigenvalue weighted by molar-refractivity contribution is 8.00. The van der Waals surface area contributed by atoms with E-state index in [0.29, 0.717) is 51.9 Å². The van der Waals surface area contributed by atoms with Crippen molar-refractivity contribution in [2.75, 3.05) is 6.61 Å². The minimum Gasteiger partial charge on any atom is -0.465 e. The number of benzene rings is 2. The lowest BCUT2D eigenvalue weighted by Gasteiger charge is -2.12. The molecule has 1 fully saturated rings. The van der Waals surface area contributed by atoms with Gasteiger partial charge in [-0.05, 0) is 48.5 Å². The Morgan fingerprint density at radius 2 is 1.79 bits per heavy atom. The van der Waals surface area contributed by atoms with Gasteiger partial charge in [-0.1, -0.05) is 23.5 Å². The van der Waals surface area contributed by atoms with Crippen LogP contribution in [0.3, 0.4) is 0 Å². The molecule has 3 aromatic rings. The fourth-order valence-corrected chi connectivity index (χ4v) is 4.37. The maximum Gasteiger partial charge on any atom is 0.319 e. The number of carbonyl (C=O) groups excluding carboxylic acids is 1. The van der Waals surface area contributed by atoms with Crippen LogP contribution in [0.25, 0.3) is 17.1 Å². The third-order valence-electron chi connectivity index (χ3n) is 4.19. The standard InChI is InChI=1S/C19H14F3N3O2S2/c20-12-3-1-11(2-4-12)16-23-24-19(29-15-9-10-27-17(15)26)25(16)13-5-7-14(8-6-13)28-18(21)22/h1-8,15,18H,9-10H2/t15-/m0/s1. The number of alkyl halides is 2. The first kappa shape index (κ1) is 19.8. The van der Waals surface area contributed by atoms with Gasteiger partial charge in [-0.3, -0.25) is 9.36 Å². The molecule has 150 valence electrons. The van der Waals surface area contributed by atoms with E-state index in [4.69, 9.17) is 4.74 Å². The molecule has 0 aliphatic carbocycles. The molecule has 10 heteroatoms. The van der Waals surface area contributed by atoms with Gasteiger partial charge < -0.3 is 4.74 Å². The number of aromatic nitrogens is 3. The van der Waals surface area contributed by atoms with Crippen LogP contribution in [0, 0.1) is 5.82 Å². The zero-order valence-electron chi connectivity index (χ0n) is 14.8. The van der Waals surface area contributed by atoms with Gasteiger partial charge in [-0.15, -0.1) is 10.2 Å². The second-order valence-electron chi connectivity index (χ2n) is 6.08. The van der Waals surface area contributed by atoms with E-state index in [0.717, 1.165) is 0 Å². The summed E-state index contributed by atoms with van der Waals surface area (Å²) in [6.07, 6.45) is 0.562. The van der Waals surface area contributed by atoms with Gasteiger partial charge in [0.2, 0.25) is 0 Å². The first-order chi connectivity index (χ1) is 14.0. The number of carbonyl (C=O) groups is 1. The number of ether oxygens (including phenoxy) is 1. The number of rotatable bonds is 6. The van der Waals surface area contributed by atoms with E-state index in [2.05, 4.69) is 10.2 Å². The van der Waals surface area contributed by atoms with Crippen molar-refractivity contribution in [1.29, 1.82) is 0 Å². The summed E-state index contributed by atoms with van der Waals surface area (Å²) in [4.78, 5) is 12.3. The molecule has 2 aromatic carbocycles. The van der Waals surface area contributed by atoms with Crippen LogP contribution >= 0.6 is 23.5 Å². The Morgan fingerprint density at radius 3 is 2.41 bits per heavy atom. The van der Waals surface area contributed by atoms with E-state index >= 15 is 0 Å². The first-order valence-electron chi connectivity index (χ1n) is 8.61. The smallest absolute Gasteiger partial charge is 0.319 e. The van der Waals surface area contributed by atoms with Crippen molar-refractivity contribution in [3.63, 3.8) is 0 Å². The van der Waals surface area contributed by atoms with Crippen molar-refractivity contribution < 1.29 is 22.7 Å². The Bertz CT molecular complexity index is 1010. The Hall–Kier alpha value is -2.46. The van der Waals surface area contributed by atoms with Crippen LogP contribution in [-0.2, 0) is 9.53 Å². The zero-order valence-corrected chi connectivity index (χ0v) is 16.4. The third kappa shape index (κ3) is 4.43. The summed E-state index contributed by atoms with van der Waals surface area (Å²) in [5.74, 6) is -2.74. The van der Waals surface area contributed by atoms with Crippen LogP contribution in [0.4, 0.5) is 13.2 Å². The average Bonchev–Trinajstić information content (AvgIpc) is 3.29. The molecule has 0 N–H and O–H groups in total. The fraction of sp³-hybridized carbons (Fsp3) is 0.211. The van der Waals surface area contributed by atoms with Gasteiger partial charge in [0.1, 0.15) is 11.1 Å². The highest BCUT2D eigenvalue weighted by Crippen LogP contribution is 2.34. The fourth-order valence-electron chi connectivity index (χ4n) is 2.85. The quantitative estimate of drug-likeness (QED) is 0.408. The van der Waals surface area contributed by atoms with Crippen molar-refractivity contribution in [3.05, 3.63) is 54.3 Å². The van der Waals surface area contributed by atoms with Gasteiger partial charge in [-0.25, -0.2) is 4.39 Å². The van der Waals surface area contributed by atoms with Crippen molar-refractivity contribution >= 4 is 29.5 Å². The third-order valence-corrected chi connectivity index (χ3v) is 6.10. The normalized spacial score (nSPS) is 16.4. The summed E-state index contributed by atoms with van der Waals surface area (Å²) in [7, 11) is 0. The summed E-state index contributed by atoms with van der Waals surface area (Å²) in [6, 6.07) is 12.3. The number of halogens is 3. The molecule has 0 saturated carbocycles. The minimum atomic E-state index is -2.51. The van der Waals surface area contributed by atoms with E-state index in [-0.39, 0.29) is 11.8 Å². The van der Waals surface area contributed by atoms with Gasteiger partial charge in [0.15, 0.2) is 11.0 Å². The predicted molar refractivity (Wildman–Crippen MR) is 104 cm³/mol. The Balaban J connectivity index is 1.74. The largest absolute Gasteiger partial charge is 0.465 e. The van der Waals surface area contributed by atoms with Crippen LogP contribution in [0.5, 0.6) is 0 Å². The highest BCUT2D eigenvalue weighted by Gasteiger charge is 2.30. The summed E-state index contributed by atoms with van der Waals surface area (Å²) >= 11 is 1.69. The summed E-state index contributed by atoms with van der Waals surface area (Å²) in [5.41, 5.74) is 1.27. The number of hydrogen-bond acceptors (Lipinski definition) is 6. The van der Waals surface area contributed by atoms with E-state index in [1.807, 2.05) is 0 Å². The molecule has 2 heterocycles. The van der Waals surface area contributed by atoms with Gasteiger partial charge in [-0.2, -0.15) is 8.78 Å². The van der Waals surface area contributed by atoms with Gasteiger partial charge in [0.25, 0.3) is 5.76 Å². The molecule has 0 radical (unpaired) electrons. The van der Waals surface area contributed by atoms with Gasteiger partial charge in [0.05, 0.1) is 6.61 Å². The van der Waals surface area contributed by atoms with Crippen LogP contribution in [-0.4, -0.2) is 38.3 Å². The van der Waals surface area contributed by atoms with Crippen LogP contribution in [0.1, 0.15) is 6.42 Å². The SMILES string of the molecule is O=C1OCC[C@@H]1Sc1nnc(-c2ccc(F)cc2)n1-c1ccc(SC(F)F)cc1. The Labute approximate surface area is 172 Å². The molecule has 0 unspecified atom stereocenters. The minimum absolute atomic E-state index is 0.309. The molecule has 0 spiro atoms. The van der Waals surface area contributed by atoms with Gasteiger partial charge in [0, 0.05) is 22.6 Å². The second kappa shape index (κ2) is 8.50. The number of nitrogens with zero attached hydrogens (tertiary/aromatic N) is 3. The van der Waals surface area contributed by atoms with E-state index in [1.54, 1.807) is 41.0 Å². The molecular weight excluding hydrogens is 423 g/mol. The van der Waals surface area contributed by atoms with Crippen molar-refractivity contribution in [2.24, 2.45) is 0 Å². The topological polar surface area (TPSA) is 57.0 Å². The van der Waals surface area contributed by atoms with Crippen LogP contribution < -0.4 is 0 Å². The molecule has 0 amide bonds. The summed E-state index contributed by atoms with van der Waals surface area (Å²) < 4.78 is 45.3. The van der Waals surface area contributed by atoms with Gasteiger partial charge >= 0.3 is 5.97 Å². The van der Waals surface area contributed by atoms with E-state index in [9.17, 15) is 18.0 Å². The van der Waals surface area contributed by atoms with Crippen LogP contribution in [0.15, 0.2) is 58.6 Å². The number of esters is 1. The molecule has 1 aromatic heterocycles. The maximum absolute atomic E-state index is 13.3. The molecule has 1 saturated heterocycles. The number of cyclic esters (lactones) is 1. The van der Waals surface area contributed by atoms with Crippen molar-refractivity contribution in [3.8, 4) is 17.1 Å². The monoisotopic (exact) mass is 437 g/mol. The molecule has 1 aliphatic heterocycles. The molecule has 0 bridgehead atoms.